The molecule has 0 saturated carbocycles. The van der Waals surface area contributed by atoms with Gasteiger partial charge in [-0.25, -0.2) is 4.98 Å². The Kier molecular flexibility index (Phi) is 7.13. The molecule has 3 N–H and O–H groups in total. The van der Waals surface area contributed by atoms with E-state index in [0.29, 0.717) is 23.2 Å². The van der Waals surface area contributed by atoms with E-state index in [4.69, 9.17) is 9.47 Å². The quantitative estimate of drug-likeness (QED) is 0.344. The third kappa shape index (κ3) is 5.46. The zero-order chi connectivity index (χ0) is 23.2. The number of methoxy groups -OCH3 is 1. The molecule has 4 rings (SSSR count). The van der Waals surface area contributed by atoms with Crippen molar-refractivity contribution >= 4 is 32.6 Å². The highest BCUT2D eigenvalue weighted by Crippen LogP contribution is 2.32. The molecule has 9 heteroatoms. The zero-order valence-corrected chi connectivity index (χ0v) is 19.0. The summed E-state index contributed by atoms with van der Waals surface area (Å²) in [5.74, 6) is 0.846. The summed E-state index contributed by atoms with van der Waals surface area (Å²) in [6.07, 6.45) is 0.777. The Balaban J connectivity index is 1.52. The van der Waals surface area contributed by atoms with Crippen LogP contribution in [0.3, 0.4) is 0 Å². The van der Waals surface area contributed by atoms with E-state index in [1.54, 1.807) is 26.3 Å². The topological polar surface area (TPSA) is 106 Å². The van der Waals surface area contributed by atoms with Crippen LogP contribution in [0.5, 0.6) is 11.5 Å². The van der Waals surface area contributed by atoms with Gasteiger partial charge in [0, 0.05) is 32.5 Å². The third-order valence-electron chi connectivity index (χ3n) is 4.96. The fraction of sp³-hybridized carbons (Fsp3) is 0.208. The molecule has 0 aliphatic heterocycles. The van der Waals surface area contributed by atoms with Crippen molar-refractivity contribution in [3.05, 3.63) is 78.1 Å². The Morgan fingerprint density at radius 3 is 2.67 bits per heavy atom. The van der Waals surface area contributed by atoms with Crippen molar-refractivity contribution in [1.29, 1.82) is 0 Å². The molecule has 0 spiro atoms. The lowest BCUT2D eigenvalue weighted by molar-refractivity contribution is 0.0953. The molecule has 2 aromatic carbocycles. The number of aliphatic hydroxyl groups is 1. The van der Waals surface area contributed by atoms with E-state index >= 15 is 0 Å². The molecule has 0 fully saturated rings. The van der Waals surface area contributed by atoms with Gasteiger partial charge in [-0.1, -0.05) is 41.7 Å². The lowest BCUT2D eigenvalue weighted by Crippen LogP contribution is -2.32. The number of pyridine rings is 1. The van der Waals surface area contributed by atoms with Crippen LogP contribution in [-0.2, 0) is 4.74 Å². The highest BCUT2D eigenvalue weighted by molar-refractivity contribution is 7.22. The molecule has 0 aliphatic rings. The minimum atomic E-state index is -0.752. The number of rotatable bonds is 9. The first kappa shape index (κ1) is 22.7. The Bertz CT molecular complexity index is 1230. The van der Waals surface area contributed by atoms with Crippen LogP contribution in [0, 0.1) is 0 Å². The Hall–Kier alpha value is -3.53. The number of ether oxygens (including phenoxy) is 2. The average molecular weight is 465 g/mol. The monoisotopic (exact) mass is 464 g/mol. The minimum Gasteiger partial charge on any atom is -0.457 e. The molecule has 2 heterocycles. The summed E-state index contributed by atoms with van der Waals surface area (Å²) in [5, 5.41) is 17.3. The molecule has 4 aromatic rings. The van der Waals surface area contributed by atoms with Gasteiger partial charge in [0.1, 0.15) is 23.3 Å². The number of thiazole rings is 1. The van der Waals surface area contributed by atoms with Gasteiger partial charge < -0.3 is 25.2 Å². The van der Waals surface area contributed by atoms with E-state index in [2.05, 4.69) is 20.6 Å². The van der Waals surface area contributed by atoms with E-state index in [9.17, 15) is 9.90 Å². The summed E-state index contributed by atoms with van der Waals surface area (Å²) in [6.45, 7) is 0.316. The molecule has 1 amide bonds. The molecule has 170 valence electrons. The fourth-order valence-corrected chi connectivity index (χ4v) is 4.28. The largest absolute Gasteiger partial charge is 0.457 e. The molecule has 0 saturated heterocycles. The number of carbonyl (C=O) groups excluding carboxylic acids is 1. The van der Waals surface area contributed by atoms with Gasteiger partial charge in [0.15, 0.2) is 5.13 Å². The van der Waals surface area contributed by atoms with Crippen LogP contribution in [-0.4, -0.2) is 47.8 Å². The van der Waals surface area contributed by atoms with Crippen LogP contribution in [0.2, 0.25) is 0 Å². The van der Waals surface area contributed by atoms with Crippen LogP contribution < -0.4 is 15.4 Å². The smallest absolute Gasteiger partial charge is 0.269 e. The second kappa shape index (κ2) is 10.4. The van der Waals surface area contributed by atoms with Crippen molar-refractivity contribution < 1.29 is 19.4 Å². The molecule has 2 aromatic heterocycles. The van der Waals surface area contributed by atoms with Crippen molar-refractivity contribution in [1.82, 2.24) is 15.3 Å². The molecule has 0 aliphatic carbocycles. The van der Waals surface area contributed by atoms with Gasteiger partial charge in [-0.2, -0.15) is 0 Å². The van der Waals surface area contributed by atoms with Gasteiger partial charge in [-0.05, 0) is 23.8 Å². The number of anilines is 1. The zero-order valence-electron chi connectivity index (χ0n) is 18.2. The van der Waals surface area contributed by atoms with Gasteiger partial charge in [-0.15, -0.1) is 0 Å². The third-order valence-corrected chi connectivity index (χ3v) is 5.91. The molecule has 8 nitrogen and oxygen atoms in total. The maximum Gasteiger partial charge on any atom is 0.269 e. The number of hydrogen-bond donors (Lipinski definition) is 3. The number of fused-ring (bicyclic) bond motifs is 1. The number of hydrogen-bond acceptors (Lipinski definition) is 8. The lowest BCUT2D eigenvalue weighted by atomic mass is 10.0. The maximum atomic E-state index is 11.8. The van der Waals surface area contributed by atoms with Gasteiger partial charge >= 0.3 is 0 Å². The molecular weight excluding hydrogens is 440 g/mol. The van der Waals surface area contributed by atoms with Crippen molar-refractivity contribution in [2.75, 3.05) is 26.1 Å². The molecule has 0 radical (unpaired) electrons. The molecule has 33 heavy (non-hydrogen) atoms. The standard InChI is InChI=1S/C24H24N4O4S/c1-25-23(30)19-12-17(10-11-26-19)32-16-8-9-18-21(13-16)33-24(27-18)28-20(14-31-2)22(29)15-6-4-3-5-7-15/h3-13,20,22,29H,14H2,1-2H3,(H,25,30)(H,27,28). The van der Waals surface area contributed by atoms with Gasteiger partial charge in [-0.3, -0.25) is 9.78 Å². The van der Waals surface area contributed by atoms with Crippen molar-refractivity contribution in [2.24, 2.45) is 0 Å². The van der Waals surface area contributed by atoms with Crippen LogP contribution in [0.25, 0.3) is 10.2 Å². The van der Waals surface area contributed by atoms with Crippen LogP contribution in [0.4, 0.5) is 5.13 Å². The second-order valence-corrected chi connectivity index (χ2v) is 8.30. The number of aliphatic hydroxyl groups excluding tert-OH is 1. The number of nitrogens with zero attached hydrogens (tertiary/aromatic N) is 2. The normalized spacial score (nSPS) is 12.8. The first-order valence-electron chi connectivity index (χ1n) is 10.3. The lowest BCUT2D eigenvalue weighted by Gasteiger charge is -2.23. The predicted molar refractivity (Wildman–Crippen MR) is 128 cm³/mol. The summed E-state index contributed by atoms with van der Waals surface area (Å²) in [7, 11) is 3.15. The second-order valence-electron chi connectivity index (χ2n) is 7.27. The van der Waals surface area contributed by atoms with E-state index in [-0.39, 0.29) is 17.6 Å². The van der Waals surface area contributed by atoms with Crippen LogP contribution in [0.15, 0.2) is 66.9 Å². The summed E-state index contributed by atoms with van der Waals surface area (Å²) in [4.78, 5) is 20.5. The number of benzene rings is 2. The number of amides is 1. The minimum absolute atomic E-state index is 0.279. The fourth-order valence-electron chi connectivity index (χ4n) is 3.33. The van der Waals surface area contributed by atoms with Crippen molar-refractivity contribution in [3.63, 3.8) is 0 Å². The van der Waals surface area contributed by atoms with E-state index in [0.717, 1.165) is 15.8 Å². The number of aromatic nitrogens is 2. The van der Waals surface area contributed by atoms with Crippen LogP contribution >= 0.6 is 11.3 Å². The summed E-state index contributed by atoms with van der Waals surface area (Å²) >= 11 is 1.46. The SMILES string of the molecule is CNC(=O)c1cc(Oc2ccc3nc(NC(COC)C(O)c4ccccc4)sc3c2)ccn1. The van der Waals surface area contributed by atoms with Gasteiger partial charge in [0.05, 0.1) is 22.9 Å². The van der Waals surface area contributed by atoms with E-state index in [1.807, 2.05) is 48.5 Å². The molecule has 2 atom stereocenters. The van der Waals surface area contributed by atoms with Crippen LogP contribution in [0.1, 0.15) is 22.2 Å². The predicted octanol–water partition coefficient (Wildman–Crippen LogP) is 4.00. The first-order chi connectivity index (χ1) is 16.1. The molecular formula is C24H24N4O4S. The maximum absolute atomic E-state index is 11.8. The van der Waals surface area contributed by atoms with E-state index < -0.39 is 6.10 Å². The number of nitrogens with one attached hydrogen (secondary N) is 2. The Morgan fingerprint density at radius 2 is 1.91 bits per heavy atom. The van der Waals surface area contributed by atoms with E-state index in [1.165, 1.54) is 17.5 Å². The molecule has 0 bridgehead atoms. The highest BCUT2D eigenvalue weighted by Gasteiger charge is 2.22. The number of carbonyl (C=O) groups is 1. The van der Waals surface area contributed by atoms with Gasteiger partial charge in [0.25, 0.3) is 5.91 Å². The Labute approximate surface area is 195 Å². The van der Waals surface area contributed by atoms with Gasteiger partial charge in [0.2, 0.25) is 0 Å². The Morgan fingerprint density at radius 1 is 1.12 bits per heavy atom. The molecule has 2 unspecified atom stereocenters. The summed E-state index contributed by atoms with van der Waals surface area (Å²) in [6, 6.07) is 17.9. The van der Waals surface area contributed by atoms with Crippen molar-refractivity contribution in [2.45, 2.75) is 12.1 Å². The summed E-state index contributed by atoms with van der Waals surface area (Å²) < 4.78 is 12.2. The summed E-state index contributed by atoms with van der Waals surface area (Å²) in [5.41, 5.74) is 1.89. The highest BCUT2D eigenvalue weighted by atomic mass is 32.1. The average Bonchev–Trinajstić information content (AvgIpc) is 3.25. The van der Waals surface area contributed by atoms with Crippen molar-refractivity contribution in [3.8, 4) is 11.5 Å². The first-order valence-corrected chi connectivity index (χ1v) is 11.1.